The molecule has 0 atom stereocenters. The van der Waals surface area contributed by atoms with Gasteiger partial charge in [0.15, 0.2) is 0 Å². The van der Waals surface area contributed by atoms with Crippen LogP contribution < -0.4 is 0 Å². The molecule has 0 aliphatic rings. The van der Waals surface area contributed by atoms with Gasteiger partial charge in [-0.05, 0) is 25.7 Å². The number of hydrogen-bond donors (Lipinski definition) is 0. The largest absolute Gasteiger partial charge is 0.508 e. The fraction of sp³-hybridized carbons (Fsp3) is 0.889. The van der Waals surface area contributed by atoms with Crippen molar-refractivity contribution in [3.05, 3.63) is 20.2 Å². The first-order valence-electron chi connectivity index (χ1n) is 5.86. The number of nitrogens with zero attached hydrogens (tertiary/aromatic N) is 2. The molecular weight excluding hydrogens is 280 g/mol. The molecule has 0 aliphatic carbocycles. The second-order valence-electron chi connectivity index (χ2n) is 3.47. The molecule has 116 valence electrons. The molecule has 0 heterocycles. The normalized spacial score (nSPS) is 9.60. The van der Waals surface area contributed by atoms with Gasteiger partial charge in [0.25, 0.3) is 10.2 Å². The Labute approximate surface area is 113 Å². The lowest BCUT2D eigenvalue weighted by Crippen LogP contribution is -2.11. The third-order valence-electron chi connectivity index (χ3n) is 1.91. The molecule has 11 nitrogen and oxygen atoms in total. The van der Waals surface area contributed by atoms with Gasteiger partial charge in [0.05, 0.1) is 26.4 Å². The van der Waals surface area contributed by atoms with Crippen LogP contribution in [0.2, 0.25) is 0 Å². The number of ether oxygens (including phenoxy) is 2. The Morgan fingerprint density at radius 2 is 1.10 bits per heavy atom. The van der Waals surface area contributed by atoms with Gasteiger partial charge >= 0.3 is 6.16 Å². The van der Waals surface area contributed by atoms with Crippen molar-refractivity contribution >= 4 is 6.16 Å². The van der Waals surface area contributed by atoms with E-state index in [0.29, 0.717) is 25.7 Å². The van der Waals surface area contributed by atoms with Crippen LogP contribution in [0.4, 0.5) is 4.79 Å². The molecule has 0 rings (SSSR count). The van der Waals surface area contributed by atoms with Crippen LogP contribution in [0.25, 0.3) is 0 Å². The zero-order valence-corrected chi connectivity index (χ0v) is 10.7. The third-order valence-corrected chi connectivity index (χ3v) is 1.91. The second-order valence-corrected chi connectivity index (χ2v) is 3.47. The van der Waals surface area contributed by atoms with Gasteiger partial charge in [-0.25, -0.2) is 4.79 Å². The van der Waals surface area contributed by atoms with Gasteiger partial charge in [-0.3, -0.25) is 0 Å². The Morgan fingerprint density at radius 1 is 0.750 bits per heavy atom. The minimum Gasteiger partial charge on any atom is -0.434 e. The van der Waals surface area contributed by atoms with Gasteiger partial charge in [0.2, 0.25) is 0 Å². The van der Waals surface area contributed by atoms with Crippen molar-refractivity contribution in [3.8, 4) is 0 Å². The van der Waals surface area contributed by atoms with Crippen molar-refractivity contribution in [2.24, 2.45) is 0 Å². The van der Waals surface area contributed by atoms with Crippen LogP contribution in [0, 0.1) is 20.2 Å². The minimum atomic E-state index is -0.891. The number of hydrogen-bond acceptors (Lipinski definition) is 9. The molecule has 0 fully saturated rings. The van der Waals surface area contributed by atoms with Crippen molar-refractivity contribution < 1.29 is 34.1 Å². The van der Waals surface area contributed by atoms with Crippen molar-refractivity contribution in [2.75, 3.05) is 26.4 Å². The summed E-state index contributed by atoms with van der Waals surface area (Å²) < 4.78 is 9.34. The Balaban J connectivity index is 3.24. The fourth-order valence-electron chi connectivity index (χ4n) is 1.04. The van der Waals surface area contributed by atoms with E-state index in [2.05, 4.69) is 19.1 Å². The zero-order valence-electron chi connectivity index (χ0n) is 10.7. The first-order chi connectivity index (χ1) is 9.52. The maximum absolute atomic E-state index is 11.0. The molecule has 0 bridgehead atoms. The summed E-state index contributed by atoms with van der Waals surface area (Å²) in [5.74, 6) is 0. The quantitative estimate of drug-likeness (QED) is 0.224. The minimum absolute atomic E-state index is 0.0537. The van der Waals surface area contributed by atoms with Gasteiger partial charge in [-0.1, -0.05) is 0 Å². The smallest absolute Gasteiger partial charge is 0.434 e. The summed E-state index contributed by atoms with van der Waals surface area (Å²) >= 11 is 0. The number of carbonyl (C=O) groups excluding carboxylic acids is 1. The topological polar surface area (TPSA) is 140 Å². The van der Waals surface area contributed by atoms with E-state index in [0.717, 1.165) is 0 Å². The Hall–Kier alpha value is -2.33. The molecule has 0 aromatic carbocycles. The van der Waals surface area contributed by atoms with Crippen LogP contribution in [-0.4, -0.2) is 42.8 Å². The summed E-state index contributed by atoms with van der Waals surface area (Å²) in [4.78, 5) is 38.7. The molecule has 20 heavy (non-hydrogen) atoms. The maximum atomic E-state index is 11.0. The SMILES string of the molecule is O=C(OCCCCO[N+](=O)[O-])OCCCCO[N+](=O)[O-]. The highest BCUT2D eigenvalue weighted by Crippen LogP contribution is 1.96. The van der Waals surface area contributed by atoms with Crippen molar-refractivity contribution in [2.45, 2.75) is 25.7 Å². The van der Waals surface area contributed by atoms with Crippen LogP contribution in [0.15, 0.2) is 0 Å². The first kappa shape index (κ1) is 17.7. The molecule has 0 N–H and O–H groups in total. The maximum Gasteiger partial charge on any atom is 0.508 e. The molecule has 0 radical (unpaired) electrons. The van der Waals surface area contributed by atoms with E-state index in [1.807, 2.05) is 0 Å². The van der Waals surface area contributed by atoms with E-state index >= 15 is 0 Å². The Morgan fingerprint density at radius 3 is 1.45 bits per heavy atom. The van der Waals surface area contributed by atoms with Crippen molar-refractivity contribution in [1.29, 1.82) is 0 Å². The number of unbranched alkanes of at least 4 members (excludes halogenated alkanes) is 2. The van der Waals surface area contributed by atoms with Gasteiger partial charge in [-0.15, -0.1) is 20.2 Å². The summed E-state index contributed by atoms with van der Waals surface area (Å²) in [6.45, 7) is 0.0401. The average Bonchev–Trinajstić information content (AvgIpc) is 2.37. The van der Waals surface area contributed by atoms with E-state index in [4.69, 9.17) is 0 Å². The molecule has 11 heteroatoms. The Bertz CT molecular complexity index is 282. The van der Waals surface area contributed by atoms with E-state index in [1.54, 1.807) is 0 Å². The number of carbonyl (C=O) groups is 1. The van der Waals surface area contributed by atoms with Crippen molar-refractivity contribution in [3.63, 3.8) is 0 Å². The molecule has 0 aromatic rings. The molecule has 0 spiro atoms. The molecular formula is C9H16N2O9. The highest BCUT2D eigenvalue weighted by Gasteiger charge is 2.03. The molecule has 0 amide bonds. The van der Waals surface area contributed by atoms with Crippen LogP contribution in [-0.2, 0) is 19.1 Å². The van der Waals surface area contributed by atoms with E-state index < -0.39 is 16.3 Å². The van der Waals surface area contributed by atoms with Crippen LogP contribution >= 0.6 is 0 Å². The van der Waals surface area contributed by atoms with Crippen LogP contribution in [0.1, 0.15) is 25.7 Å². The van der Waals surface area contributed by atoms with E-state index in [1.165, 1.54) is 0 Å². The predicted molar refractivity (Wildman–Crippen MR) is 61.7 cm³/mol. The van der Waals surface area contributed by atoms with Crippen molar-refractivity contribution in [1.82, 2.24) is 0 Å². The monoisotopic (exact) mass is 296 g/mol. The molecule has 0 aromatic heterocycles. The molecule has 0 saturated carbocycles. The summed E-state index contributed by atoms with van der Waals surface area (Å²) in [6.07, 6.45) is 0.744. The molecule has 0 unspecified atom stereocenters. The van der Waals surface area contributed by atoms with Crippen LogP contribution in [0.5, 0.6) is 0 Å². The molecule has 0 aliphatic heterocycles. The lowest BCUT2D eigenvalue weighted by Gasteiger charge is -2.05. The number of rotatable bonds is 12. The summed E-state index contributed by atoms with van der Waals surface area (Å²) in [7, 11) is 0. The third kappa shape index (κ3) is 13.7. The Kier molecular flexibility index (Phi) is 10.4. The van der Waals surface area contributed by atoms with E-state index in [9.17, 15) is 25.0 Å². The summed E-state index contributed by atoms with van der Waals surface area (Å²) in [5, 5.41) is 17.8. The standard InChI is InChI=1S/C9H16N2O9/c12-9(17-5-1-3-7-19-10(13)14)18-6-2-4-8-20-11(15)16/h1-8H2. The van der Waals surface area contributed by atoms with Gasteiger partial charge in [0, 0.05) is 0 Å². The van der Waals surface area contributed by atoms with Crippen LogP contribution in [0.3, 0.4) is 0 Å². The summed E-state index contributed by atoms with van der Waals surface area (Å²) in [6, 6.07) is 0. The highest BCUT2D eigenvalue weighted by atomic mass is 17.0. The molecule has 0 saturated heterocycles. The summed E-state index contributed by atoms with van der Waals surface area (Å²) in [5.41, 5.74) is 0. The average molecular weight is 296 g/mol. The van der Waals surface area contributed by atoms with E-state index in [-0.39, 0.29) is 26.4 Å². The lowest BCUT2D eigenvalue weighted by molar-refractivity contribution is -0.757. The van der Waals surface area contributed by atoms with Gasteiger partial charge in [-0.2, -0.15) is 0 Å². The highest BCUT2D eigenvalue weighted by molar-refractivity contribution is 5.59. The van der Waals surface area contributed by atoms with Gasteiger partial charge < -0.3 is 19.1 Å². The predicted octanol–water partition coefficient (Wildman–Crippen LogP) is 1.12. The zero-order chi connectivity index (χ0) is 15.2. The second kappa shape index (κ2) is 11.7. The fourth-order valence-corrected chi connectivity index (χ4v) is 1.04. The lowest BCUT2D eigenvalue weighted by atomic mass is 10.3. The first-order valence-corrected chi connectivity index (χ1v) is 5.86. The van der Waals surface area contributed by atoms with Gasteiger partial charge in [0.1, 0.15) is 0 Å².